The van der Waals surface area contributed by atoms with Gasteiger partial charge in [-0.3, -0.25) is 9.80 Å². The molecule has 0 atom stereocenters. The van der Waals surface area contributed by atoms with Crippen LogP contribution in [0.25, 0.3) is 0 Å². The number of hydrogen-bond acceptors (Lipinski definition) is 4. The largest absolute Gasteiger partial charge is 0.398 e. The zero-order chi connectivity index (χ0) is 13.7. The molecule has 1 heterocycles. The topological polar surface area (TPSA) is 52.7 Å². The van der Waals surface area contributed by atoms with E-state index in [1.165, 1.54) is 5.56 Å². The van der Waals surface area contributed by atoms with Gasteiger partial charge >= 0.3 is 0 Å². The second-order valence-corrected chi connectivity index (χ2v) is 5.46. The molecule has 1 fully saturated rings. The fourth-order valence-corrected chi connectivity index (χ4v) is 2.61. The van der Waals surface area contributed by atoms with Crippen LogP contribution in [0.5, 0.6) is 0 Å². The van der Waals surface area contributed by atoms with Gasteiger partial charge in [0.2, 0.25) is 0 Å². The van der Waals surface area contributed by atoms with Gasteiger partial charge in [0.25, 0.3) is 0 Å². The molecule has 5 heteroatoms. The smallest absolute Gasteiger partial charge is 0.0635 e. The highest BCUT2D eigenvalue weighted by Gasteiger charge is 2.14. The van der Waals surface area contributed by atoms with E-state index in [2.05, 4.69) is 9.80 Å². The van der Waals surface area contributed by atoms with Crippen molar-refractivity contribution in [1.29, 1.82) is 0 Å². The second-order valence-electron chi connectivity index (χ2n) is 5.05. The standard InChI is InChI=1S/C14H22ClN3O/c15-13-3-2-12(10-14(13)16)11-18-5-1-4-17(6-7-18)8-9-19/h2-3,10,19H,1,4-9,11,16H2. The highest BCUT2D eigenvalue weighted by molar-refractivity contribution is 6.33. The third kappa shape index (κ3) is 4.35. The molecule has 0 unspecified atom stereocenters. The zero-order valence-corrected chi connectivity index (χ0v) is 11.9. The normalized spacial score (nSPS) is 18.4. The molecule has 1 aliphatic heterocycles. The Hall–Kier alpha value is -0.810. The lowest BCUT2D eigenvalue weighted by Gasteiger charge is -2.21. The van der Waals surface area contributed by atoms with Crippen LogP contribution >= 0.6 is 11.6 Å². The van der Waals surface area contributed by atoms with E-state index in [-0.39, 0.29) is 6.61 Å². The van der Waals surface area contributed by atoms with Crippen LogP contribution in [-0.4, -0.2) is 54.2 Å². The van der Waals surface area contributed by atoms with Crippen LogP contribution in [0.4, 0.5) is 5.69 Å². The Morgan fingerprint density at radius 3 is 2.63 bits per heavy atom. The first-order valence-corrected chi connectivity index (χ1v) is 7.16. The highest BCUT2D eigenvalue weighted by Crippen LogP contribution is 2.20. The molecule has 3 N–H and O–H groups in total. The summed E-state index contributed by atoms with van der Waals surface area (Å²) in [6, 6.07) is 5.86. The summed E-state index contributed by atoms with van der Waals surface area (Å²) in [5, 5.41) is 9.61. The van der Waals surface area contributed by atoms with E-state index >= 15 is 0 Å². The van der Waals surface area contributed by atoms with Gasteiger partial charge in [0.15, 0.2) is 0 Å². The van der Waals surface area contributed by atoms with Crippen molar-refractivity contribution in [1.82, 2.24) is 9.80 Å². The molecule has 1 aromatic rings. The number of aliphatic hydroxyl groups is 1. The lowest BCUT2D eigenvalue weighted by molar-refractivity contribution is 0.196. The summed E-state index contributed by atoms with van der Waals surface area (Å²) in [5.41, 5.74) is 7.69. The lowest BCUT2D eigenvalue weighted by atomic mass is 10.2. The number of nitrogens with zero attached hydrogens (tertiary/aromatic N) is 2. The van der Waals surface area contributed by atoms with Crippen LogP contribution in [0.1, 0.15) is 12.0 Å². The van der Waals surface area contributed by atoms with Crippen molar-refractivity contribution < 1.29 is 5.11 Å². The van der Waals surface area contributed by atoms with Crippen LogP contribution in [0, 0.1) is 0 Å². The SMILES string of the molecule is Nc1cc(CN2CCCN(CCO)CC2)ccc1Cl. The van der Waals surface area contributed by atoms with Gasteiger partial charge in [-0.25, -0.2) is 0 Å². The van der Waals surface area contributed by atoms with Crippen LogP contribution in [-0.2, 0) is 6.54 Å². The van der Waals surface area contributed by atoms with Crippen molar-refractivity contribution in [3.05, 3.63) is 28.8 Å². The first-order chi connectivity index (χ1) is 9.19. The van der Waals surface area contributed by atoms with E-state index in [1.807, 2.05) is 18.2 Å². The van der Waals surface area contributed by atoms with Crippen LogP contribution < -0.4 is 5.73 Å². The van der Waals surface area contributed by atoms with Crippen LogP contribution in [0.2, 0.25) is 5.02 Å². The number of benzene rings is 1. The molecular weight excluding hydrogens is 262 g/mol. The minimum Gasteiger partial charge on any atom is -0.398 e. The summed E-state index contributed by atoms with van der Waals surface area (Å²) in [6.07, 6.45) is 1.14. The van der Waals surface area contributed by atoms with Gasteiger partial charge in [0.05, 0.1) is 17.3 Å². The predicted molar refractivity (Wildman–Crippen MR) is 79.3 cm³/mol. The molecular formula is C14H22ClN3O. The number of halogens is 1. The molecule has 19 heavy (non-hydrogen) atoms. The maximum atomic E-state index is 8.99. The molecule has 1 aliphatic rings. The van der Waals surface area contributed by atoms with Crippen molar-refractivity contribution in [2.75, 3.05) is 45.1 Å². The number of aliphatic hydroxyl groups excluding tert-OH is 1. The molecule has 4 nitrogen and oxygen atoms in total. The van der Waals surface area contributed by atoms with Crippen molar-refractivity contribution in [3.63, 3.8) is 0 Å². The van der Waals surface area contributed by atoms with Gasteiger partial charge in [0, 0.05) is 26.2 Å². The van der Waals surface area contributed by atoms with E-state index < -0.39 is 0 Å². The van der Waals surface area contributed by atoms with Gasteiger partial charge in [-0.2, -0.15) is 0 Å². The number of nitrogen functional groups attached to an aromatic ring is 1. The third-order valence-electron chi connectivity index (χ3n) is 3.56. The van der Waals surface area contributed by atoms with E-state index in [0.717, 1.165) is 45.7 Å². The number of rotatable bonds is 4. The van der Waals surface area contributed by atoms with Gasteiger partial charge in [0.1, 0.15) is 0 Å². The number of hydrogen-bond donors (Lipinski definition) is 2. The number of nitrogens with two attached hydrogens (primary N) is 1. The highest BCUT2D eigenvalue weighted by atomic mass is 35.5. The fourth-order valence-electron chi connectivity index (χ4n) is 2.50. The Balaban J connectivity index is 1.90. The van der Waals surface area contributed by atoms with Gasteiger partial charge < -0.3 is 10.8 Å². The van der Waals surface area contributed by atoms with Crippen molar-refractivity contribution in [2.24, 2.45) is 0 Å². The minimum atomic E-state index is 0.244. The van der Waals surface area contributed by atoms with E-state index in [1.54, 1.807) is 0 Å². The molecule has 0 spiro atoms. The van der Waals surface area contributed by atoms with Gasteiger partial charge in [-0.1, -0.05) is 17.7 Å². The van der Waals surface area contributed by atoms with E-state index in [9.17, 15) is 0 Å². The predicted octanol–water partition coefficient (Wildman–Crippen LogP) is 1.42. The van der Waals surface area contributed by atoms with Crippen LogP contribution in [0.3, 0.4) is 0 Å². The third-order valence-corrected chi connectivity index (χ3v) is 3.91. The van der Waals surface area contributed by atoms with Crippen LogP contribution in [0.15, 0.2) is 18.2 Å². The van der Waals surface area contributed by atoms with Crippen molar-refractivity contribution in [3.8, 4) is 0 Å². The van der Waals surface area contributed by atoms with Crippen molar-refractivity contribution >= 4 is 17.3 Å². The molecule has 0 saturated carbocycles. The Labute approximate surface area is 119 Å². The first-order valence-electron chi connectivity index (χ1n) is 6.78. The van der Waals surface area contributed by atoms with Gasteiger partial charge in [-0.05, 0) is 37.2 Å². The molecule has 1 aromatic carbocycles. The number of β-amino-alcohol motifs (C(OH)–C–C–N with tert-alkyl or cyclic N) is 1. The Morgan fingerprint density at radius 1 is 1.16 bits per heavy atom. The Bertz CT molecular complexity index is 414. The molecule has 0 aliphatic carbocycles. The van der Waals surface area contributed by atoms with Gasteiger partial charge in [-0.15, -0.1) is 0 Å². The monoisotopic (exact) mass is 283 g/mol. The maximum absolute atomic E-state index is 8.99. The molecule has 1 saturated heterocycles. The second kappa shape index (κ2) is 7.10. The average molecular weight is 284 g/mol. The summed E-state index contributed by atoms with van der Waals surface area (Å²) in [4.78, 5) is 4.75. The fraction of sp³-hybridized carbons (Fsp3) is 0.571. The first kappa shape index (κ1) is 14.6. The Morgan fingerprint density at radius 2 is 1.89 bits per heavy atom. The van der Waals surface area contributed by atoms with E-state index in [4.69, 9.17) is 22.4 Å². The summed E-state index contributed by atoms with van der Waals surface area (Å²) >= 11 is 5.93. The molecule has 2 rings (SSSR count). The van der Waals surface area contributed by atoms with E-state index in [0.29, 0.717) is 10.7 Å². The maximum Gasteiger partial charge on any atom is 0.0635 e. The summed E-state index contributed by atoms with van der Waals surface area (Å²) in [6.45, 7) is 6.14. The lowest BCUT2D eigenvalue weighted by Crippen LogP contribution is -2.32. The Kier molecular flexibility index (Phi) is 5.45. The summed E-state index contributed by atoms with van der Waals surface area (Å²) in [7, 11) is 0. The quantitative estimate of drug-likeness (QED) is 0.821. The molecule has 0 aromatic heterocycles. The molecule has 106 valence electrons. The summed E-state index contributed by atoms with van der Waals surface area (Å²) < 4.78 is 0. The molecule has 0 radical (unpaired) electrons. The molecule has 0 bridgehead atoms. The molecule has 0 amide bonds. The zero-order valence-electron chi connectivity index (χ0n) is 11.2. The summed E-state index contributed by atoms with van der Waals surface area (Å²) in [5.74, 6) is 0. The number of anilines is 1. The average Bonchev–Trinajstić information content (AvgIpc) is 2.60. The van der Waals surface area contributed by atoms with Crippen molar-refractivity contribution in [2.45, 2.75) is 13.0 Å². The minimum absolute atomic E-state index is 0.244.